The van der Waals surface area contributed by atoms with E-state index in [9.17, 15) is 5.26 Å². The molecule has 0 unspecified atom stereocenters. The van der Waals surface area contributed by atoms with Crippen molar-refractivity contribution in [2.45, 2.75) is 26.9 Å². The Bertz CT molecular complexity index is 687. The van der Waals surface area contributed by atoms with Crippen molar-refractivity contribution in [1.29, 1.82) is 5.26 Å². The second-order valence-electron chi connectivity index (χ2n) is 5.15. The molecular weight excluding hydrogens is 262 g/mol. The van der Waals surface area contributed by atoms with Crippen molar-refractivity contribution in [1.82, 2.24) is 0 Å². The third-order valence-electron chi connectivity index (χ3n) is 3.04. The number of hydrogen-bond acceptors (Lipinski definition) is 4. The van der Waals surface area contributed by atoms with Crippen molar-refractivity contribution >= 4 is 17.1 Å². The number of rotatable bonds is 4. The Labute approximate surface area is 125 Å². The Morgan fingerprint density at radius 1 is 1.24 bits per heavy atom. The molecule has 0 radical (unpaired) electrons. The number of ether oxygens (including phenoxy) is 1. The molecule has 0 atom stereocenters. The number of nitrogens with two attached hydrogens (primary N) is 1. The molecular formula is C17H19N3O. The summed E-state index contributed by atoms with van der Waals surface area (Å²) in [4.78, 5) is 0. The lowest BCUT2D eigenvalue weighted by molar-refractivity contribution is 0.244. The van der Waals surface area contributed by atoms with Crippen LogP contribution < -0.4 is 15.8 Å². The molecule has 2 rings (SSSR count). The number of nitrogen functional groups attached to an aromatic ring is 1. The van der Waals surface area contributed by atoms with Crippen LogP contribution in [-0.2, 0) is 0 Å². The number of nitriles is 1. The van der Waals surface area contributed by atoms with E-state index >= 15 is 0 Å². The Morgan fingerprint density at radius 2 is 2.00 bits per heavy atom. The first-order chi connectivity index (χ1) is 10.0. The number of anilines is 3. The lowest BCUT2D eigenvalue weighted by atomic mass is 10.1. The minimum absolute atomic E-state index is 0.0520. The van der Waals surface area contributed by atoms with Gasteiger partial charge in [0.05, 0.1) is 23.0 Å². The average Bonchev–Trinajstić information content (AvgIpc) is 2.42. The van der Waals surface area contributed by atoms with Gasteiger partial charge in [-0.3, -0.25) is 0 Å². The predicted octanol–water partition coefficient (Wildman–Crippen LogP) is 3.98. The van der Waals surface area contributed by atoms with Gasteiger partial charge in [0.15, 0.2) is 0 Å². The zero-order chi connectivity index (χ0) is 15.4. The number of nitrogens with one attached hydrogen (secondary N) is 1. The fourth-order valence-corrected chi connectivity index (χ4v) is 2.04. The zero-order valence-electron chi connectivity index (χ0n) is 12.5. The van der Waals surface area contributed by atoms with Gasteiger partial charge in [-0.25, -0.2) is 0 Å². The van der Waals surface area contributed by atoms with E-state index in [1.54, 1.807) is 6.07 Å². The van der Waals surface area contributed by atoms with Crippen LogP contribution in [0.25, 0.3) is 0 Å². The Morgan fingerprint density at radius 3 is 2.67 bits per heavy atom. The second kappa shape index (κ2) is 6.19. The van der Waals surface area contributed by atoms with Crippen LogP contribution in [0.3, 0.4) is 0 Å². The van der Waals surface area contributed by atoms with Crippen LogP contribution in [0, 0.1) is 18.3 Å². The lowest BCUT2D eigenvalue weighted by Gasteiger charge is -2.15. The fourth-order valence-electron chi connectivity index (χ4n) is 2.04. The summed E-state index contributed by atoms with van der Waals surface area (Å²) in [6.07, 6.45) is 0.0520. The van der Waals surface area contributed by atoms with Crippen LogP contribution in [0.15, 0.2) is 36.4 Å². The molecule has 0 aliphatic carbocycles. The number of hydrogen-bond donors (Lipinski definition) is 2. The van der Waals surface area contributed by atoms with Crippen LogP contribution >= 0.6 is 0 Å². The van der Waals surface area contributed by atoms with Crippen molar-refractivity contribution in [2.24, 2.45) is 0 Å². The topological polar surface area (TPSA) is 71.1 Å². The van der Waals surface area contributed by atoms with Gasteiger partial charge < -0.3 is 15.8 Å². The van der Waals surface area contributed by atoms with Gasteiger partial charge in [0.2, 0.25) is 0 Å². The van der Waals surface area contributed by atoms with Gasteiger partial charge in [0.25, 0.3) is 0 Å². The van der Waals surface area contributed by atoms with Gasteiger partial charge in [-0.1, -0.05) is 12.1 Å². The average molecular weight is 281 g/mol. The molecule has 3 N–H and O–H groups in total. The first-order valence-corrected chi connectivity index (χ1v) is 6.84. The van der Waals surface area contributed by atoms with Gasteiger partial charge in [-0.05, 0) is 44.5 Å². The molecule has 0 aliphatic heterocycles. The number of aryl methyl sites for hydroxylation is 1. The Balaban J connectivity index is 2.33. The van der Waals surface area contributed by atoms with Crippen molar-refractivity contribution < 1.29 is 4.74 Å². The van der Waals surface area contributed by atoms with E-state index in [1.165, 1.54) is 0 Å². The van der Waals surface area contributed by atoms with Gasteiger partial charge in [-0.15, -0.1) is 0 Å². The molecule has 0 aromatic heterocycles. The van der Waals surface area contributed by atoms with Crippen LogP contribution in [0.4, 0.5) is 17.1 Å². The van der Waals surface area contributed by atoms with E-state index in [0.29, 0.717) is 17.0 Å². The maximum atomic E-state index is 9.26. The van der Waals surface area contributed by atoms with E-state index in [0.717, 1.165) is 16.9 Å². The number of benzene rings is 2. The third-order valence-corrected chi connectivity index (χ3v) is 3.04. The van der Waals surface area contributed by atoms with Crippen LogP contribution in [0.2, 0.25) is 0 Å². The van der Waals surface area contributed by atoms with Gasteiger partial charge in [0, 0.05) is 11.8 Å². The van der Waals surface area contributed by atoms with Crippen LogP contribution in [0.5, 0.6) is 5.75 Å². The zero-order valence-corrected chi connectivity index (χ0v) is 12.5. The molecule has 4 heteroatoms. The summed E-state index contributed by atoms with van der Waals surface area (Å²) in [7, 11) is 0. The quantitative estimate of drug-likeness (QED) is 0.831. The summed E-state index contributed by atoms with van der Waals surface area (Å²) in [6, 6.07) is 13.4. The molecule has 0 heterocycles. The molecule has 0 amide bonds. The Kier molecular flexibility index (Phi) is 4.34. The van der Waals surface area contributed by atoms with Gasteiger partial charge in [0.1, 0.15) is 11.8 Å². The smallest absolute Gasteiger partial charge is 0.144 e. The summed E-state index contributed by atoms with van der Waals surface area (Å²) in [5.74, 6) is 0.640. The van der Waals surface area contributed by atoms with E-state index in [-0.39, 0.29) is 6.10 Å². The SMILES string of the molecule is Cc1cccc(Nc2ccc(N)c(OC(C)C)c2)c1C#N. The van der Waals surface area contributed by atoms with E-state index in [1.807, 2.05) is 51.1 Å². The van der Waals surface area contributed by atoms with Crippen LogP contribution in [0.1, 0.15) is 25.0 Å². The Hall–Kier alpha value is -2.67. The molecule has 0 aliphatic rings. The van der Waals surface area contributed by atoms with Crippen molar-refractivity contribution in [3.8, 4) is 11.8 Å². The molecule has 0 saturated carbocycles. The monoisotopic (exact) mass is 281 g/mol. The predicted molar refractivity (Wildman–Crippen MR) is 85.8 cm³/mol. The summed E-state index contributed by atoms with van der Waals surface area (Å²) in [5.41, 5.74) is 9.69. The summed E-state index contributed by atoms with van der Waals surface area (Å²) in [6.45, 7) is 5.82. The van der Waals surface area contributed by atoms with E-state index in [2.05, 4.69) is 11.4 Å². The number of nitrogens with zero attached hydrogens (tertiary/aromatic N) is 1. The first-order valence-electron chi connectivity index (χ1n) is 6.84. The highest BCUT2D eigenvalue weighted by atomic mass is 16.5. The molecule has 2 aromatic rings. The fraction of sp³-hybridized carbons (Fsp3) is 0.235. The standard InChI is InChI=1S/C17H19N3O/c1-11(2)21-17-9-13(7-8-15(17)19)20-16-6-4-5-12(3)14(16)10-18/h4-9,11,20H,19H2,1-3H3. The molecule has 0 saturated heterocycles. The lowest BCUT2D eigenvalue weighted by Crippen LogP contribution is -2.07. The van der Waals surface area contributed by atoms with E-state index < -0.39 is 0 Å². The normalized spacial score (nSPS) is 10.2. The molecule has 0 spiro atoms. The highest BCUT2D eigenvalue weighted by Gasteiger charge is 2.08. The van der Waals surface area contributed by atoms with Gasteiger partial charge in [-0.2, -0.15) is 5.26 Å². The highest BCUT2D eigenvalue weighted by Crippen LogP contribution is 2.29. The van der Waals surface area contributed by atoms with Crippen molar-refractivity contribution in [3.05, 3.63) is 47.5 Å². The second-order valence-corrected chi connectivity index (χ2v) is 5.15. The maximum absolute atomic E-state index is 9.26. The molecule has 4 nitrogen and oxygen atoms in total. The summed E-state index contributed by atoms with van der Waals surface area (Å²) >= 11 is 0. The third kappa shape index (κ3) is 3.46. The van der Waals surface area contributed by atoms with Crippen molar-refractivity contribution in [2.75, 3.05) is 11.1 Å². The highest BCUT2D eigenvalue weighted by molar-refractivity contribution is 5.71. The summed E-state index contributed by atoms with van der Waals surface area (Å²) < 4.78 is 5.67. The molecule has 21 heavy (non-hydrogen) atoms. The molecule has 2 aromatic carbocycles. The summed E-state index contributed by atoms with van der Waals surface area (Å²) in [5, 5.41) is 12.5. The van der Waals surface area contributed by atoms with E-state index in [4.69, 9.17) is 10.5 Å². The molecule has 108 valence electrons. The van der Waals surface area contributed by atoms with Gasteiger partial charge >= 0.3 is 0 Å². The molecule has 0 fully saturated rings. The first kappa shape index (κ1) is 14.7. The van der Waals surface area contributed by atoms with Crippen molar-refractivity contribution in [3.63, 3.8) is 0 Å². The minimum atomic E-state index is 0.0520. The molecule has 0 bridgehead atoms. The maximum Gasteiger partial charge on any atom is 0.144 e. The largest absolute Gasteiger partial charge is 0.489 e. The van der Waals surface area contributed by atoms with Crippen LogP contribution in [-0.4, -0.2) is 6.10 Å². The minimum Gasteiger partial charge on any atom is -0.489 e.